The molecule has 1 N–H and O–H groups in total. The molecule has 1 saturated heterocycles. The van der Waals surface area contributed by atoms with E-state index in [0.29, 0.717) is 6.04 Å². The maximum Gasteiger partial charge on any atom is 0.101 e. The zero-order valence-electron chi connectivity index (χ0n) is 9.68. The summed E-state index contributed by atoms with van der Waals surface area (Å²) in [6.07, 6.45) is 6.05. The van der Waals surface area contributed by atoms with Crippen LogP contribution < -0.4 is 5.32 Å². The van der Waals surface area contributed by atoms with Crippen molar-refractivity contribution in [2.75, 3.05) is 6.54 Å². The second kappa shape index (κ2) is 4.50. The lowest BCUT2D eigenvalue weighted by Crippen LogP contribution is -2.14. The predicted octanol–water partition coefficient (Wildman–Crippen LogP) is 2.33. The molecule has 0 aromatic carbocycles. The van der Waals surface area contributed by atoms with E-state index in [1.165, 1.54) is 6.42 Å². The largest absolute Gasteiger partial charge is 0.309 e. The van der Waals surface area contributed by atoms with Gasteiger partial charge in [-0.2, -0.15) is 0 Å². The van der Waals surface area contributed by atoms with Crippen molar-refractivity contribution in [3.05, 3.63) is 29.3 Å². The number of aromatic nitrogens is 3. The van der Waals surface area contributed by atoms with Crippen LogP contribution in [-0.2, 0) is 0 Å². The Hall–Kier alpha value is -1.33. The molecule has 17 heavy (non-hydrogen) atoms. The van der Waals surface area contributed by atoms with E-state index in [9.17, 15) is 0 Å². The zero-order chi connectivity index (χ0) is 11.7. The van der Waals surface area contributed by atoms with Gasteiger partial charge in [-0.25, -0.2) is 9.97 Å². The molecule has 5 heteroatoms. The summed E-state index contributed by atoms with van der Waals surface area (Å²) in [5, 5.41) is 3.45. The number of thiazole rings is 1. The molecule has 0 amide bonds. The highest BCUT2D eigenvalue weighted by Crippen LogP contribution is 2.27. The van der Waals surface area contributed by atoms with E-state index in [2.05, 4.69) is 15.3 Å². The Bertz CT molecular complexity index is 517. The highest BCUT2D eigenvalue weighted by Gasteiger charge is 2.18. The van der Waals surface area contributed by atoms with Crippen LogP contribution in [0.5, 0.6) is 0 Å². The monoisotopic (exact) mass is 246 g/mol. The lowest BCUT2D eigenvalue weighted by molar-refractivity contribution is 0.625. The molecule has 3 rings (SSSR count). The van der Waals surface area contributed by atoms with Crippen molar-refractivity contribution < 1.29 is 0 Å². The fourth-order valence-electron chi connectivity index (χ4n) is 2.14. The number of hydrogen-bond donors (Lipinski definition) is 1. The highest BCUT2D eigenvalue weighted by molar-refractivity contribution is 7.13. The fraction of sp³-hybridized carbons (Fsp3) is 0.417. The summed E-state index contributed by atoms with van der Waals surface area (Å²) in [4.78, 5) is 14.4. The van der Waals surface area contributed by atoms with Crippen LogP contribution in [0.1, 0.15) is 30.3 Å². The molecule has 0 radical (unpaired) electrons. The zero-order valence-corrected chi connectivity index (χ0v) is 10.5. The summed E-state index contributed by atoms with van der Waals surface area (Å²) in [7, 11) is 0. The first-order valence-electron chi connectivity index (χ1n) is 5.80. The van der Waals surface area contributed by atoms with Crippen LogP contribution in [0.4, 0.5) is 0 Å². The maximum atomic E-state index is 4.70. The molecule has 0 bridgehead atoms. The van der Waals surface area contributed by atoms with Crippen molar-refractivity contribution in [2.24, 2.45) is 0 Å². The average Bonchev–Trinajstić information content (AvgIpc) is 2.99. The second-order valence-corrected chi connectivity index (χ2v) is 5.10. The van der Waals surface area contributed by atoms with Gasteiger partial charge in [0.1, 0.15) is 5.69 Å². The SMILES string of the molecule is Cc1ncsc1-c1cncc([C@@H]2CCCN2)n1. The molecule has 4 nitrogen and oxygen atoms in total. The summed E-state index contributed by atoms with van der Waals surface area (Å²) >= 11 is 1.62. The first kappa shape index (κ1) is 10.8. The maximum absolute atomic E-state index is 4.70. The van der Waals surface area contributed by atoms with Crippen molar-refractivity contribution >= 4 is 11.3 Å². The van der Waals surface area contributed by atoms with Gasteiger partial charge >= 0.3 is 0 Å². The van der Waals surface area contributed by atoms with E-state index >= 15 is 0 Å². The Morgan fingerprint density at radius 1 is 1.41 bits per heavy atom. The third-order valence-corrected chi connectivity index (χ3v) is 4.00. The summed E-state index contributed by atoms with van der Waals surface area (Å²) in [5.74, 6) is 0. The van der Waals surface area contributed by atoms with Crippen LogP contribution >= 0.6 is 11.3 Å². The van der Waals surface area contributed by atoms with Gasteiger partial charge in [0.2, 0.25) is 0 Å². The molecule has 2 aromatic heterocycles. The lowest BCUT2D eigenvalue weighted by Gasteiger charge is -2.09. The van der Waals surface area contributed by atoms with Crippen molar-refractivity contribution in [3.63, 3.8) is 0 Å². The van der Waals surface area contributed by atoms with Gasteiger partial charge in [-0.3, -0.25) is 4.98 Å². The van der Waals surface area contributed by atoms with E-state index in [4.69, 9.17) is 4.98 Å². The van der Waals surface area contributed by atoms with Crippen LogP contribution in [-0.4, -0.2) is 21.5 Å². The van der Waals surface area contributed by atoms with E-state index in [-0.39, 0.29) is 0 Å². The first-order chi connectivity index (χ1) is 8.34. The average molecular weight is 246 g/mol. The third kappa shape index (κ3) is 2.08. The molecule has 1 atom stereocenters. The molecule has 2 aromatic rings. The lowest BCUT2D eigenvalue weighted by atomic mass is 10.1. The number of rotatable bonds is 2. The molecule has 0 unspecified atom stereocenters. The van der Waals surface area contributed by atoms with Crippen LogP contribution in [0, 0.1) is 6.92 Å². The number of nitrogens with one attached hydrogen (secondary N) is 1. The van der Waals surface area contributed by atoms with E-state index in [1.54, 1.807) is 11.3 Å². The minimum atomic E-state index is 0.371. The van der Waals surface area contributed by atoms with Crippen molar-refractivity contribution in [2.45, 2.75) is 25.8 Å². The van der Waals surface area contributed by atoms with Crippen LogP contribution in [0.15, 0.2) is 17.9 Å². The summed E-state index contributed by atoms with van der Waals surface area (Å²) < 4.78 is 0. The molecular weight excluding hydrogens is 232 g/mol. The predicted molar refractivity (Wildman–Crippen MR) is 67.9 cm³/mol. The summed E-state index contributed by atoms with van der Waals surface area (Å²) in [5.41, 5.74) is 4.87. The molecule has 1 aliphatic heterocycles. The minimum absolute atomic E-state index is 0.371. The van der Waals surface area contributed by atoms with Crippen LogP contribution in [0.2, 0.25) is 0 Å². The molecule has 1 fully saturated rings. The Labute approximate surface area is 104 Å². The fourth-order valence-corrected chi connectivity index (χ4v) is 2.90. The van der Waals surface area contributed by atoms with Crippen molar-refractivity contribution in [3.8, 4) is 10.6 Å². The molecule has 0 spiro atoms. The van der Waals surface area contributed by atoms with Crippen LogP contribution in [0.25, 0.3) is 10.6 Å². The molecule has 3 heterocycles. The van der Waals surface area contributed by atoms with Gasteiger partial charge in [-0.05, 0) is 26.3 Å². The van der Waals surface area contributed by atoms with Gasteiger partial charge in [0.15, 0.2) is 0 Å². The summed E-state index contributed by atoms with van der Waals surface area (Å²) in [6, 6.07) is 0.371. The molecule has 0 saturated carbocycles. The first-order valence-corrected chi connectivity index (χ1v) is 6.68. The number of hydrogen-bond acceptors (Lipinski definition) is 5. The van der Waals surface area contributed by atoms with E-state index in [0.717, 1.165) is 34.9 Å². The smallest absolute Gasteiger partial charge is 0.101 e. The van der Waals surface area contributed by atoms with Crippen molar-refractivity contribution in [1.82, 2.24) is 20.3 Å². The normalized spacial score (nSPS) is 19.7. The standard InChI is InChI=1S/C12H14N4S/c1-8-12(17-7-15-8)11-6-13-5-10(16-11)9-3-2-4-14-9/h5-7,9,14H,2-4H2,1H3/t9-/m0/s1. The van der Waals surface area contributed by atoms with Gasteiger partial charge in [-0.1, -0.05) is 0 Å². The molecular formula is C12H14N4S. The quantitative estimate of drug-likeness (QED) is 0.883. The van der Waals surface area contributed by atoms with Gasteiger partial charge in [-0.15, -0.1) is 11.3 Å². The van der Waals surface area contributed by atoms with E-state index in [1.807, 2.05) is 24.8 Å². The van der Waals surface area contributed by atoms with Gasteiger partial charge in [0.25, 0.3) is 0 Å². The van der Waals surface area contributed by atoms with Crippen LogP contribution in [0.3, 0.4) is 0 Å². The Balaban J connectivity index is 1.96. The Morgan fingerprint density at radius 3 is 3.06 bits per heavy atom. The van der Waals surface area contributed by atoms with E-state index < -0.39 is 0 Å². The van der Waals surface area contributed by atoms with Crippen molar-refractivity contribution in [1.29, 1.82) is 0 Å². The van der Waals surface area contributed by atoms with Gasteiger partial charge in [0.05, 0.1) is 40.2 Å². The molecule has 1 aliphatic rings. The highest BCUT2D eigenvalue weighted by atomic mass is 32.1. The number of aryl methyl sites for hydroxylation is 1. The molecule has 0 aliphatic carbocycles. The number of nitrogens with zero attached hydrogens (tertiary/aromatic N) is 3. The van der Waals surface area contributed by atoms with Gasteiger partial charge in [0, 0.05) is 0 Å². The third-order valence-electron chi connectivity index (χ3n) is 3.05. The second-order valence-electron chi connectivity index (χ2n) is 4.25. The Kier molecular flexibility index (Phi) is 2.86. The Morgan fingerprint density at radius 2 is 2.35 bits per heavy atom. The van der Waals surface area contributed by atoms with Gasteiger partial charge < -0.3 is 5.32 Å². The summed E-state index contributed by atoms with van der Waals surface area (Å²) in [6.45, 7) is 3.09. The minimum Gasteiger partial charge on any atom is -0.309 e. The topological polar surface area (TPSA) is 50.7 Å². The molecule has 88 valence electrons.